The summed E-state index contributed by atoms with van der Waals surface area (Å²) in [4.78, 5) is 29.3. The monoisotopic (exact) mass is 475 g/mol. The smallest absolute Gasteiger partial charge is 0.254 e. The average molecular weight is 476 g/mol. The summed E-state index contributed by atoms with van der Waals surface area (Å²) in [7, 11) is 0. The van der Waals surface area contributed by atoms with E-state index < -0.39 is 0 Å². The zero-order valence-electron chi connectivity index (χ0n) is 17.2. The van der Waals surface area contributed by atoms with E-state index >= 15 is 0 Å². The Morgan fingerprint density at radius 1 is 0.938 bits per heavy atom. The highest BCUT2D eigenvalue weighted by atomic mass is 35.5. The fourth-order valence-corrected chi connectivity index (χ4v) is 4.26. The first-order chi connectivity index (χ1) is 15.2. The second kappa shape index (κ2) is 9.68. The number of nitrogens with zero attached hydrogens (tertiary/aromatic N) is 4. The van der Waals surface area contributed by atoms with Crippen LogP contribution in [0.2, 0.25) is 0 Å². The molecule has 3 aromatic rings. The van der Waals surface area contributed by atoms with Crippen LogP contribution in [0.4, 0.5) is 0 Å². The molecule has 2 amide bonds. The molecule has 2 aliphatic rings. The molecular weight excluding hydrogens is 454 g/mol. The maximum atomic E-state index is 12.8. The van der Waals surface area contributed by atoms with E-state index in [0.29, 0.717) is 42.3 Å². The van der Waals surface area contributed by atoms with Crippen LogP contribution in [0.5, 0.6) is 11.5 Å². The fourth-order valence-electron chi connectivity index (χ4n) is 3.74. The van der Waals surface area contributed by atoms with Crippen LogP contribution in [0.3, 0.4) is 0 Å². The molecule has 0 radical (unpaired) electrons. The average Bonchev–Trinajstić information content (AvgIpc) is 3.47. The maximum Gasteiger partial charge on any atom is 0.254 e. The zero-order chi connectivity index (χ0) is 21.2. The minimum atomic E-state index is -0.140. The molecule has 32 heavy (non-hydrogen) atoms. The number of halogens is 1. The van der Waals surface area contributed by atoms with E-state index in [1.165, 1.54) is 0 Å². The number of hydrogen-bond acceptors (Lipinski definition) is 8. The third-order valence-corrected chi connectivity index (χ3v) is 6.07. The van der Waals surface area contributed by atoms with Crippen molar-refractivity contribution in [1.82, 2.24) is 23.9 Å². The van der Waals surface area contributed by atoms with Gasteiger partial charge in [-0.05, 0) is 36.4 Å². The van der Waals surface area contributed by atoms with Crippen molar-refractivity contribution in [2.75, 3.05) is 46.1 Å². The molecule has 1 N–H and O–H groups in total. The topological polar surface area (TPSA) is 96.9 Å². The largest absolute Gasteiger partial charge is 0.454 e. The number of nitrogens with one attached hydrogen (secondary N) is 1. The molecule has 3 heterocycles. The molecule has 11 heteroatoms. The van der Waals surface area contributed by atoms with Gasteiger partial charge in [0, 0.05) is 50.4 Å². The van der Waals surface area contributed by atoms with Gasteiger partial charge in [0.15, 0.2) is 11.5 Å². The molecule has 9 nitrogen and oxygen atoms in total. The summed E-state index contributed by atoms with van der Waals surface area (Å²) in [6.45, 7) is 4.30. The molecule has 1 saturated heterocycles. The molecule has 2 aromatic carbocycles. The first kappa shape index (κ1) is 22.3. The van der Waals surface area contributed by atoms with E-state index in [0.717, 1.165) is 42.4 Å². The van der Waals surface area contributed by atoms with Gasteiger partial charge in [0.05, 0.1) is 11.7 Å². The highest BCUT2D eigenvalue weighted by Gasteiger charge is 2.23. The highest BCUT2D eigenvalue weighted by molar-refractivity contribution is 7.00. The quantitative estimate of drug-likeness (QED) is 0.603. The van der Waals surface area contributed by atoms with E-state index in [4.69, 9.17) is 9.47 Å². The van der Waals surface area contributed by atoms with Crippen LogP contribution in [0, 0.1) is 0 Å². The number of piperazine rings is 1. The Hall–Kier alpha value is -2.95. The van der Waals surface area contributed by atoms with Crippen molar-refractivity contribution in [3.8, 4) is 11.5 Å². The predicted octanol–water partition coefficient (Wildman–Crippen LogP) is 2.03. The molecule has 0 spiro atoms. The Labute approximate surface area is 195 Å². The Morgan fingerprint density at radius 3 is 2.53 bits per heavy atom. The van der Waals surface area contributed by atoms with Gasteiger partial charge in [-0.1, -0.05) is 0 Å². The molecule has 0 atom stereocenters. The third-order valence-electron chi connectivity index (χ3n) is 5.51. The van der Waals surface area contributed by atoms with Crippen LogP contribution < -0.4 is 14.8 Å². The molecule has 1 aromatic heterocycles. The Morgan fingerprint density at radius 2 is 1.69 bits per heavy atom. The molecule has 5 rings (SSSR count). The number of aromatic nitrogens is 2. The zero-order valence-corrected chi connectivity index (χ0v) is 18.8. The molecule has 168 valence electrons. The van der Waals surface area contributed by atoms with Crippen molar-refractivity contribution in [3.05, 3.63) is 47.5 Å². The lowest BCUT2D eigenvalue weighted by atomic mass is 10.1. The van der Waals surface area contributed by atoms with E-state index in [-0.39, 0.29) is 31.0 Å². The third kappa shape index (κ3) is 4.62. The lowest BCUT2D eigenvalue weighted by molar-refractivity contribution is 0.0638. The number of hydrogen-bond donors (Lipinski definition) is 1. The summed E-state index contributed by atoms with van der Waals surface area (Å²) >= 11 is 1.15. The van der Waals surface area contributed by atoms with Gasteiger partial charge in [0.1, 0.15) is 11.0 Å². The van der Waals surface area contributed by atoms with Crippen molar-refractivity contribution >= 4 is 47.0 Å². The highest BCUT2D eigenvalue weighted by Crippen LogP contribution is 2.32. The van der Waals surface area contributed by atoms with Crippen LogP contribution in [-0.4, -0.2) is 76.4 Å². The normalized spacial score (nSPS) is 15.4. The second-order valence-corrected chi connectivity index (χ2v) is 7.95. The van der Waals surface area contributed by atoms with Crippen LogP contribution in [0.25, 0.3) is 11.0 Å². The van der Waals surface area contributed by atoms with Crippen molar-refractivity contribution in [2.24, 2.45) is 0 Å². The van der Waals surface area contributed by atoms with Gasteiger partial charge in [-0.3, -0.25) is 14.5 Å². The van der Waals surface area contributed by atoms with Crippen LogP contribution in [0.15, 0.2) is 36.4 Å². The fraction of sp³-hybridized carbons (Fsp3) is 0.333. The Kier molecular flexibility index (Phi) is 6.73. The first-order valence-electron chi connectivity index (χ1n) is 10.1. The molecule has 0 saturated carbocycles. The van der Waals surface area contributed by atoms with Gasteiger partial charge in [-0.15, -0.1) is 12.4 Å². The first-order valence-corrected chi connectivity index (χ1v) is 10.8. The molecule has 2 aliphatic heterocycles. The van der Waals surface area contributed by atoms with Gasteiger partial charge in [-0.2, -0.15) is 8.75 Å². The predicted molar refractivity (Wildman–Crippen MR) is 122 cm³/mol. The number of benzene rings is 2. The van der Waals surface area contributed by atoms with Crippen molar-refractivity contribution in [2.45, 2.75) is 0 Å². The summed E-state index contributed by atoms with van der Waals surface area (Å²) in [6.07, 6.45) is 0. The van der Waals surface area contributed by atoms with E-state index in [2.05, 4.69) is 19.0 Å². The van der Waals surface area contributed by atoms with E-state index in [1.54, 1.807) is 24.3 Å². The molecule has 0 bridgehead atoms. The number of rotatable bonds is 5. The second-order valence-electron chi connectivity index (χ2n) is 7.43. The van der Waals surface area contributed by atoms with Crippen molar-refractivity contribution < 1.29 is 19.1 Å². The summed E-state index contributed by atoms with van der Waals surface area (Å²) in [5, 5.41) is 2.94. The maximum absolute atomic E-state index is 12.8. The summed E-state index contributed by atoms with van der Waals surface area (Å²) in [5.74, 6) is 1.13. The number of fused-ring (bicyclic) bond motifs is 2. The van der Waals surface area contributed by atoms with E-state index in [1.807, 2.05) is 17.0 Å². The van der Waals surface area contributed by atoms with Crippen LogP contribution >= 0.6 is 24.1 Å². The van der Waals surface area contributed by atoms with Gasteiger partial charge >= 0.3 is 0 Å². The van der Waals surface area contributed by atoms with Gasteiger partial charge in [0.2, 0.25) is 6.79 Å². The minimum absolute atomic E-state index is 0. The van der Waals surface area contributed by atoms with Crippen molar-refractivity contribution in [3.63, 3.8) is 0 Å². The standard InChI is InChI=1S/C21H21N5O4S.ClH/c27-20(14-2-4-18-19(12-14)30-13-29-18)22-5-6-25-7-9-26(10-8-25)21(28)15-1-3-16-17(11-15)24-31-23-16;/h1-4,11-12H,5-10,13H2,(H,22,27);1H. The number of carbonyl (C=O) groups is 2. The summed E-state index contributed by atoms with van der Waals surface area (Å²) in [6, 6.07) is 10.6. The van der Waals surface area contributed by atoms with Gasteiger partial charge in [-0.25, -0.2) is 0 Å². The minimum Gasteiger partial charge on any atom is -0.454 e. The molecule has 1 fully saturated rings. The lowest BCUT2D eigenvalue weighted by Crippen LogP contribution is -2.50. The number of amides is 2. The summed E-state index contributed by atoms with van der Waals surface area (Å²) < 4.78 is 19.0. The Balaban J connectivity index is 0.00000245. The van der Waals surface area contributed by atoms with Gasteiger partial charge in [0.25, 0.3) is 11.8 Å². The van der Waals surface area contributed by atoms with Crippen LogP contribution in [-0.2, 0) is 0 Å². The molecule has 0 unspecified atom stereocenters. The Bertz CT molecular complexity index is 1130. The summed E-state index contributed by atoms with van der Waals surface area (Å²) in [5.41, 5.74) is 2.76. The molecule has 0 aliphatic carbocycles. The SMILES string of the molecule is Cl.O=C(NCCN1CCN(C(=O)c2ccc3nsnc3c2)CC1)c1ccc2c(c1)OCO2. The number of carbonyl (C=O) groups excluding carboxylic acids is 2. The lowest BCUT2D eigenvalue weighted by Gasteiger charge is -2.34. The number of ether oxygens (including phenoxy) is 2. The van der Waals surface area contributed by atoms with E-state index in [9.17, 15) is 9.59 Å². The van der Waals surface area contributed by atoms with Gasteiger partial charge < -0.3 is 19.7 Å². The van der Waals surface area contributed by atoms with Crippen molar-refractivity contribution in [1.29, 1.82) is 0 Å². The molecular formula is C21H22ClN5O4S. The van der Waals surface area contributed by atoms with Crippen LogP contribution in [0.1, 0.15) is 20.7 Å².